The number of amides is 1. The van der Waals surface area contributed by atoms with E-state index in [-0.39, 0.29) is 12.3 Å². The Bertz CT molecular complexity index is 321. The summed E-state index contributed by atoms with van der Waals surface area (Å²) in [6.07, 6.45) is 0.765. The van der Waals surface area contributed by atoms with Gasteiger partial charge in [0.05, 0.1) is 0 Å². The number of halogens is 2. The fourth-order valence-corrected chi connectivity index (χ4v) is 1.67. The molecule has 0 fully saturated rings. The van der Waals surface area contributed by atoms with Gasteiger partial charge in [-0.2, -0.15) is 0 Å². The molecular weight excluding hydrogens is 223 g/mol. The molecule has 0 saturated heterocycles. The van der Waals surface area contributed by atoms with Gasteiger partial charge in [0, 0.05) is 16.5 Å². The van der Waals surface area contributed by atoms with Crippen molar-refractivity contribution < 1.29 is 4.79 Å². The summed E-state index contributed by atoms with van der Waals surface area (Å²) in [5.41, 5.74) is 2.83. The third-order valence-corrected chi connectivity index (χ3v) is 2.53. The monoisotopic (exact) mass is 232 g/mol. The smallest absolute Gasteiger partial charge is 0.234 e. The predicted octanol–water partition coefficient (Wildman–Crippen LogP) is 1.92. The van der Waals surface area contributed by atoms with Gasteiger partial charge in [-0.3, -0.25) is 10.2 Å². The number of carbonyl (C=O) groups excluding carboxylic acids is 1. The minimum atomic E-state index is -0.235. The van der Waals surface area contributed by atoms with Crippen LogP contribution >= 0.6 is 23.2 Å². The third-order valence-electron chi connectivity index (χ3n) is 1.82. The van der Waals surface area contributed by atoms with Crippen molar-refractivity contribution in [1.29, 1.82) is 0 Å². The molecule has 0 saturated carbocycles. The van der Waals surface area contributed by atoms with E-state index in [4.69, 9.17) is 29.0 Å². The van der Waals surface area contributed by atoms with Gasteiger partial charge in [-0.25, -0.2) is 5.84 Å². The number of hydrogen-bond acceptors (Lipinski definition) is 2. The molecule has 0 bridgehead atoms. The number of carbonyl (C=O) groups is 1. The molecule has 0 aliphatic rings. The molecule has 0 heterocycles. The van der Waals surface area contributed by atoms with Crippen LogP contribution in [0.15, 0.2) is 18.2 Å². The van der Waals surface area contributed by atoms with Crippen LogP contribution < -0.4 is 11.3 Å². The molecule has 1 rings (SSSR count). The lowest BCUT2D eigenvalue weighted by Crippen LogP contribution is -2.30. The van der Waals surface area contributed by atoms with E-state index in [2.05, 4.69) is 0 Å². The molecule has 76 valence electrons. The molecule has 0 aliphatic carbocycles. The predicted molar refractivity (Wildman–Crippen MR) is 57.1 cm³/mol. The van der Waals surface area contributed by atoms with Gasteiger partial charge in [0.1, 0.15) is 0 Å². The first kappa shape index (κ1) is 11.3. The zero-order chi connectivity index (χ0) is 10.6. The van der Waals surface area contributed by atoms with Crippen LogP contribution in [-0.2, 0) is 11.2 Å². The van der Waals surface area contributed by atoms with Crippen LogP contribution in [0.2, 0.25) is 10.0 Å². The Kier molecular flexibility index (Phi) is 4.20. The average Bonchev–Trinajstić information content (AvgIpc) is 2.16. The van der Waals surface area contributed by atoms with Gasteiger partial charge < -0.3 is 0 Å². The van der Waals surface area contributed by atoms with E-state index >= 15 is 0 Å². The lowest BCUT2D eigenvalue weighted by Gasteiger charge is -2.05. The number of hydrazine groups is 1. The lowest BCUT2D eigenvalue weighted by molar-refractivity contribution is -0.121. The van der Waals surface area contributed by atoms with Gasteiger partial charge in [-0.1, -0.05) is 29.3 Å². The minimum Gasteiger partial charge on any atom is -0.294 e. The molecule has 1 aromatic rings. The first-order valence-electron chi connectivity index (χ1n) is 4.07. The maximum absolute atomic E-state index is 10.9. The van der Waals surface area contributed by atoms with Gasteiger partial charge in [-0.15, -0.1) is 0 Å². The molecule has 1 amide bonds. The van der Waals surface area contributed by atoms with Gasteiger partial charge in [0.2, 0.25) is 5.91 Å². The number of rotatable bonds is 3. The Hall–Kier alpha value is -0.770. The molecule has 0 unspecified atom stereocenters. The van der Waals surface area contributed by atoms with Crippen molar-refractivity contribution in [2.24, 2.45) is 5.84 Å². The molecule has 0 atom stereocenters. The van der Waals surface area contributed by atoms with Crippen molar-refractivity contribution in [1.82, 2.24) is 5.43 Å². The van der Waals surface area contributed by atoms with Crippen LogP contribution in [0, 0.1) is 0 Å². The zero-order valence-corrected chi connectivity index (χ0v) is 8.90. The minimum absolute atomic E-state index is 0.235. The van der Waals surface area contributed by atoms with Gasteiger partial charge in [0.15, 0.2) is 0 Å². The van der Waals surface area contributed by atoms with Crippen molar-refractivity contribution in [2.75, 3.05) is 0 Å². The summed E-state index contributed by atoms with van der Waals surface area (Å²) in [6.45, 7) is 0. The van der Waals surface area contributed by atoms with Crippen molar-refractivity contribution in [3.05, 3.63) is 33.8 Å². The average molecular weight is 233 g/mol. The topological polar surface area (TPSA) is 55.1 Å². The highest BCUT2D eigenvalue weighted by Crippen LogP contribution is 2.25. The normalized spacial score (nSPS) is 9.93. The van der Waals surface area contributed by atoms with E-state index in [0.717, 1.165) is 5.56 Å². The first-order valence-corrected chi connectivity index (χ1v) is 4.83. The summed E-state index contributed by atoms with van der Waals surface area (Å²) >= 11 is 11.8. The third kappa shape index (κ3) is 2.87. The fourth-order valence-electron chi connectivity index (χ4n) is 1.08. The second-order valence-corrected chi connectivity index (χ2v) is 3.58. The second-order valence-electron chi connectivity index (χ2n) is 2.77. The summed E-state index contributed by atoms with van der Waals surface area (Å²) in [6, 6.07) is 5.24. The fraction of sp³-hybridized carbons (Fsp3) is 0.222. The Morgan fingerprint density at radius 1 is 1.36 bits per heavy atom. The molecule has 14 heavy (non-hydrogen) atoms. The standard InChI is InChI=1S/C9H10Cl2N2O/c10-7-2-1-3-8(11)6(7)4-5-9(14)13-12/h1-3H,4-5,12H2,(H,13,14). The van der Waals surface area contributed by atoms with Crippen molar-refractivity contribution in [3.8, 4) is 0 Å². The molecule has 1 aromatic carbocycles. The van der Waals surface area contributed by atoms with E-state index in [1.807, 2.05) is 5.43 Å². The molecule has 0 aromatic heterocycles. The lowest BCUT2D eigenvalue weighted by atomic mass is 10.1. The van der Waals surface area contributed by atoms with Gasteiger partial charge in [-0.05, 0) is 24.1 Å². The van der Waals surface area contributed by atoms with E-state index in [1.54, 1.807) is 18.2 Å². The largest absolute Gasteiger partial charge is 0.294 e. The number of benzene rings is 1. The van der Waals surface area contributed by atoms with Gasteiger partial charge in [0.25, 0.3) is 0 Å². The second kappa shape index (κ2) is 5.20. The molecular formula is C9H10Cl2N2O. The Morgan fingerprint density at radius 3 is 2.43 bits per heavy atom. The quantitative estimate of drug-likeness (QED) is 0.476. The van der Waals surface area contributed by atoms with E-state index in [1.165, 1.54) is 0 Å². The molecule has 5 heteroatoms. The van der Waals surface area contributed by atoms with E-state index < -0.39 is 0 Å². The maximum Gasteiger partial charge on any atom is 0.234 e. The van der Waals surface area contributed by atoms with Crippen molar-refractivity contribution in [2.45, 2.75) is 12.8 Å². The Morgan fingerprint density at radius 2 is 1.93 bits per heavy atom. The number of hydrogen-bond donors (Lipinski definition) is 2. The number of nitrogens with one attached hydrogen (secondary N) is 1. The highest BCUT2D eigenvalue weighted by atomic mass is 35.5. The summed E-state index contributed by atoms with van der Waals surface area (Å²) in [5.74, 6) is 4.71. The van der Waals surface area contributed by atoms with Crippen LogP contribution in [0.1, 0.15) is 12.0 Å². The summed E-state index contributed by atoms with van der Waals surface area (Å²) < 4.78 is 0. The highest BCUT2D eigenvalue weighted by Gasteiger charge is 2.07. The molecule has 0 spiro atoms. The van der Waals surface area contributed by atoms with Crippen molar-refractivity contribution >= 4 is 29.1 Å². The highest BCUT2D eigenvalue weighted by molar-refractivity contribution is 6.36. The van der Waals surface area contributed by atoms with Gasteiger partial charge >= 0.3 is 0 Å². The zero-order valence-electron chi connectivity index (χ0n) is 7.39. The maximum atomic E-state index is 10.9. The number of nitrogens with two attached hydrogens (primary N) is 1. The Labute approximate surface area is 92.2 Å². The molecule has 3 N–H and O–H groups in total. The van der Waals surface area contributed by atoms with Crippen molar-refractivity contribution in [3.63, 3.8) is 0 Å². The molecule has 0 aliphatic heterocycles. The van der Waals surface area contributed by atoms with E-state index in [0.29, 0.717) is 16.5 Å². The SMILES string of the molecule is NNC(=O)CCc1c(Cl)cccc1Cl. The molecule has 3 nitrogen and oxygen atoms in total. The summed E-state index contributed by atoms with van der Waals surface area (Å²) in [5, 5.41) is 1.14. The Balaban J connectivity index is 2.71. The van der Waals surface area contributed by atoms with Crippen LogP contribution in [0.3, 0.4) is 0 Å². The molecule has 0 radical (unpaired) electrons. The van der Waals surface area contributed by atoms with Crippen LogP contribution in [0.5, 0.6) is 0 Å². The van der Waals surface area contributed by atoms with Crippen LogP contribution in [-0.4, -0.2) is 5.91 Å². The van der Waals surface area contributed by atoms with E-state index in [9.17, 15) is 4.79 Å². The first-order chi connectivity index (χ1) is 6.65. The summed E-state index contributed by atoms with van der Waals surface area (Å²) in [7, 11) is 0. The van der Waals surface area contributed by atoms with Crippen LogP contribution in [0.4, 0.5) is 0 Å². The summed E-state index contributed by atoms with van der Waals surface area (Å²) in [4.78, 5) is 10.9. The van der Waals surface area contributed by atoms with Crippen LogP contribution in [0.25, 0.3) is 0 Å².